The Hall–Kier alpha value is -2.99. The van der Waals surface area contributed by atoms with Crippen LogP contribution >= 0.6 is 0 Å². The number of likely N-dealkylation sites (tertiary alicyclic amines) is 1. The zero-order valence-electron chi connectivity index (χ0n) is 18.3. The highest BCUT2D eigenvalue weighted by Gasteiger charge is 2.42. The number of rotatable bonds is 5. The number of halogens is 1. The van der Waals surface area contributed by atoms with E-state index in [1.165, 1.54) is 17.0 Å². The van der Waals surface area contributed by atoms with Crippen molar-refractivity contribution in [1.29, 1.82) is 0 Å². The molecule has 4 rings (SSSR count). The highest BCUT2D eigenvalue weighted by molar-refractivity contribution is 6.35. The lowest BCUT2D eigenvalue weighted by Gasteiger charge is -2.36. The first-order valence-electron chi connectivity index (χ1n) is 10.7. The fraction of sp³-hybridized carbons (Fsp3) is 0.360. The van der Waals surface area contributed by atoms with Crippen molar-refractivity contribution in [3.05, 3.63) is 76.7 Å². The van der Waals surface area contributed by atoms with E-state index in [2.05, 4.69) is 11.9 Å². The zero-order chi connectivity index (χ0) is 22.1. The molecule has 1 fully saturated rings. The summed E-state index contributed by atoms with van der Waals surface area (Å²) in [6, 6.07) is 13.8. The Balaban J connectivity index is 1.70. The van der Waals surface area contributed by atoms with Crippen molar-refractivity contribution in [2.24, 2.45) is 0 Å². The van der Waals surface area contributed by atoms with Crippen LogP contribution in [0.2, 0.25) is 0 Å². The van der Waals surface area contributed by atoms with Crippen LogP contribution < -0.4 is 0 Å². The normalized spacial score (nSPS) is 18.3. The van der Waals surface area contributed by atoms with E-state index < -0.39 is 0 Å². The smallest absolute Gasteiger partial charge is 0.278 e. The summed E-state index contributed by atoms with van der Waals surface area (Å²) in [5.74, 6) is -0.928. The summed E-state index contributed by atoms with van der Waals surface area (Å²) < 4.78 is 13.3. The van der Waals surface area contributed by atoms with Gasteiger partial charge in [0.1, 0.15) is 11.5 Å². The van der Waals surface area contributed by atoms with Crippen LogP contribution in [0.1, 0.15) is 29.5 Å². The van der Waals surface area contributed by atoms with Crippen molar-refractivity contribution < 1.29 is 14.0 Å². The van der Waals surface area contributed by atoms with Gasteiger partial charge in [0, 0.05) is 13.1 Å². The van der Waals surface area contributed by atoms with Crippen LogP contribution in [-0.4, -0.2) is 59.7 Å². The molecule has 0 spiro atoms. The quantitative estimate of drug-likeness (QED) is 0.694. The number of carbonyl (C=O) groups is 2. The van der Waals surface area contributed by atoms with Gasteiger partial charge in [-0.15, -0.1) is 0 Å². The molecular weight excluding hydrogens is 393 g/mol. The minimum atomic E-state index is -0.344. The van der Waals surface area contributed by atoms with Gasteiger partial charge in [-0.25, -0.2) is 4.39 Å². The second kappa shape index (κ2) is 8.63. The van der Waals surface area contributed by atoms with E-state index in [9.17, 15) is 14.0 Å². The van der Waals surface area contributed by atoms with Gasteiger partial charge < -0.3 is 9.80 Å². The van der Waals surface area contributed by atoms with E-state index in [0.29, 0.717) is 11.3 Å². The number of amides is 2. The standard InChI is InChI=1S/C25H28FN3O2/c1-17-4-8-19(9-5-17)22-23(28(3)21-12-14-27(2)15-13-21)25(31)29(24(22)30)16-18-6-10-20(26)11-7-18/h4-11,21H,12-16H2,1-3H3. The second-order valence-corrected chi connectivity index (χ2v) is 8.56. The molecule has 0 aromatic heterocycles. The van der Waals surface area contributed by atoms with Crippen LogP contribution in [-0.2, 0) is 16.1 Å². The molecule has 0 radical (unpaired) electrons. The number of nitrogens with zero attached hydrogens (tertiary/aromatic N) is 3. The molecule has 5 nitrogen and oxygen atoms in total. The fourth-order valence-electron chi connectivity index (χ4n) is 4.35. The van der Waals surface area contributed by atoms with E-state index >= 15 is 0 Å². The lowest BCUT2D eigenvalue weighted by molar-refractivity contribution is -0.138. The second-order valence-electron chi connectivity index (χ2n) is 8.56. The number of hydrogen-bond acceptors (Lipinski definition) is 4. The van der Waals surface area contributed by atoms with Gasteiger partial charge >= 0.3 is 0 Å². The Morgan fingerprint density at radius 2 is 1.58 bits per heavy atom. The van der Waals surface area contributed by atoms with Crippen molar-refractivity contribution >= 4 is 17.4 Å². The van der Waals surface area contributed by atoms with Crippen molar-refractivity contribution in [3.63, 3.8) is 0 Å². The van der Waals surface area contributed by atoms with E-state index in [1.807, 2.05) is 43.1 Å². The van der Waals surface area contributed by atoms with Crippen molar-refractivity contribution in [3.8, 4) is 0 Å². The largest absolute Gasteiger partial charge is 0.366 e. The first kappa shape index (κ1) is 21.2. The summed E-state index contributed by atoms with van der Waals surface area (Å²) in [7, 11) is 4.02. The highest BCUT2D eigenvalue weighted by Crippen LogP contribution is 2.34. The summed E-state index contributed by atoms with van der Waals surface area (Å²) in [5.41, 5.74) is 3.48. The number of imide groups is 1. The van der Waals surface area contributed by atoms with Crippen LogP contribution in [0.25, 0.3) is 5.57 Å². The average Bonchev–Trinajstić information content (AvgIpc) is 3.00. The first-order valence-corrected chi connectivity index (χ1v) is 10.7. The third-order valence-corrected chi connectivity index (χ3v) is 6.33. The Kier molecular flexibility index (Phi) is 5.92. The predicted octanol–water partition coefficient (Wildman–Crippen LogP) is 3.44. The van der Waals surface area contributed by atoms with Crippen LogP contribution in [0, 0.1) is 12.7 Å². The first-order chi connectivity index (χ1) is 14.8. The van der Waals surface area contributed by atoms with Gasteiger partial charge in [-0.1, -0.05) is 42.0 Å². The summed E-state index contributed by atoms with van der Waals surface area (Å²) in [4.78, 5) is 32.5. The lowest BCUT2D eigenvalue weighted by atomic mass is 9.99. The van der Waals surface area contributed by atoms with E-state index in [1.54, 1.807) is 12.1 Å². The number of hydrogen-bond donors (Lipinski definition) is 0. The highest BCUT2D eigenvalue weighted by atomic mass is 19.1. The molecule has 2 aromatic carbocycles. The predicted molar refractivity (Wildman–Crippen MR) is 118 cm³/mol. The third kappa shape index (κ3) is 4.26. The van der Waals surface area contributed by atoms with Gasteiger partial charge in [-0.2, -0.15) is 0 Å². The molecule has 0 unspecified atom stereocenters. The molecule has 2 aliphatic rings. The molecule has 6 heteroatoms. The third-order valence-electron chi connectivity index (χ3n) is 6.33. The summed E-state index contributed by atoms with van der Waals surface area (Å²) in [5, 5.41) is 0. The number of benzene rings is 2. The molecule has 0 N–H and O–H groups in total. The molecule has 0 atom stereocenters. The van der Waals surface area contributed by atoms with Crippen LogP contribution in [0.15, 0.2) is 54.2 Å². The summed E-state index contributed by atoms with van der Waals surface area (Å²) in [6.45, 7) is 4.04. The van der Waals surface area contributed by atoms with Gasteiger partial charge in [0.2, 0.25) is 0 Å². The molecule has 1 saturated heterocycles. The monoisotopic (exact) mass is 421 g/mol. The van der Waals surface area contributed by atoms with Crippen molar-refractivity contribution in [2.45, 2.75) is 32.4 Å². The van der Waals surface area contributed by atoms with Gasteiger partial charge in [0.25, 0.3) is 11.8 Å². The van der Waals surface area contributed by atoms with Gasteiger partial charge in [0.05, 0.1) is 12.1 Å². The molecule has 0 aliphatic carbocycles. The van der Waals surface area contributed by atoms with E-state index in [4.69, 9.17) is 0 Å². The number of carbonyl (C=O) groups excluding carboxylic acids is 2. The molecule has 2 aliphatic heterocycles. The molecule has 0 saturated carbocycles. The Labute approximate surface area is 182 Å². The Morgan fingerprint density at radius 3 is 2.19 bits per heavy atom. The van der Waals surface area contributed by atoms with Crippen LogP contribution in [0.4, 0.5) is 4.39 Å². The van der Waals surface area contributed by atoms with Gasteiger partial charge in [0.15, 0.2) is 0 Å². The summed E-state index contributed by atoms with van der Waals surface area (Å²) >= 11 is 0. The Bertz CT molecular complexity index is 1010. The molecule has 2 aromatic rings. The maximum Gasteiger partial charge on any atom is 0.278 e. The van der Waals surface area contributed by atoms with Gasteiger partial charge in [-0.05, 0) is 63.2 Å². The molecule has 2 heterocycles. The molecule has 2 amide bonds. The zero-order valence-corrected chi connectivity index (χ0v) is 18.3. The maximum atomic E-state index is 13.5. The van der Waals surface area contributed by atoms with E-state index in [-0.39, 0.29) is 30.2 Å². The Morgan fingerprint density at radius 1 is 0.968 bits per heavy atom. The molecule has 162 valence electrons. The minimum absolute atomic E-state index is 0.123. The van der Waals surface area contributed by atoms with Crippen LogP contribution in [0.3, 0.4) is 0 Å². The lowest BCUT2D eigenvalue weighted by Crippen LogP contribution is -2.43. The summed E-state index contributed by atoms with van der Waals surface area (Å²) in [6.07, 6.45) is 1.88. The minimum Gasteiger partial charge on any atom is -0.366 e. The van der Waals surface area contributed by atoms with Crippen LogP contribution in [0.5, 0.6) is 0 Å². The molecular formula is C25H28FN3O2. The number of aryl methyl sites for hydroxylation is 1. The number of likely N-dealkylation sites (N-methyl/N-ethyl adjacent to an activating group) is 1. The molecule has 31 heavy (non-hydrogen) atoms. The van der Waals surface area contributed by atoms with Crippen molar-refractivity contribution in [2.75, 3.05) is 27.2 Å². The molecule has 0 bridgehead atoms. The maximum absolute atomic E-state index is 13.5. The van der Waals surface area contributed by atoms with Crippen molar-refractivity contribution in [1.82, 2.24) is 14.7 Å². The van der Waals surface area contributed by atoms with E-state index in [0.717, 1.165) is 42.6 Å². The van der Waals surface area contributed by atoms with Gasteiger partial charge in [-0.3, -0.25) is 14.5 Å². The topological polar surface area (TPSA) is 43.9 Å². The number of piperidine rings is 1. The fourth-order valence-corrected chi connectivity index (χ4v) is 4.35. The average molecular weight is 422 g/mol. The SMILES string of the molecule is Cc1ccc(C2=C(N(C)C3CCN(C)CC3)C(=O)N(Cc3ccc(F)cc3)C2=O)cc1.